The molecule has 2 nitrogen and oxygen atoms in total. The fraction of sp³-hybridized carbons (Fsp3) is 1.00. The standard InChI is InChI=1S/C6H11NO/c7-3-5-1-6(2-5)4-8-6/h5H,1-4,7H2. The molecule has 1 saturated carbocycles. The molecule has 2 fully saturated rings. The lowest BCUT2D eigenvalue weighted by atomic mass is 9.75. The molecule has 1 aliphatic carbocycles. The zero-order valence-electron chi connectivity index (χ0n) is 4.89. The van der Waals surface area contributed by atoms with Gasteiger partial charge in [-0.05, 0) is 25.3 Å². The Bertz CT molecular complexity index is 101. The lowest BCUT2D eigenvalue weighted by molar-refractivity contribution is 0.130. The number of hydrogen-bond acceptors (Lipinski definition) is 2. The quantitative estimate of drug-likeness (QED) is 0.491. The summed E-state index contributed by atoms with van der Waals surface area (Å²) in [5.41, 5.74) is 5.79. The molecule has 0 aromatic heterocycles. The van der Waals surface area contributed by atoms with Crippen LogP contribution in [0.2, 0.25) is 0 Å². The molecule has 1 heterocycles. The highest BCUT2D eigenvalue weighted by molar-refractivity contribution is 5.04. The number of epoxide rings is 1. The summed E-state index contributed by atoms with van der Waals surface area (Å²) in [6.45, 7) is 1.86. The minimum absolute atomic E-state index is 0.365. The molecular formula is C6H11NO. The Labute approximate surface area is 49.0 Å². The van der Waals surface area contributed by atoms with E-state index in [0.717, 1.165) is 19.1 Å². The summed E-state index contributed by atoms with van der Waals surface area (Å²) in [7, 11) is 0. The van der Waals surface area contributed by atoms with Gasteiger partial charge in [-0.3, -0.25) is 0 Å². The first-order chi connectivity index (χ1) is 3.85. The maximum absolute atomic E-state index is 5.43. The molecule has 0 radical (unpaired) electrons. The highest BCUT2D eigenvalue weighted by Crippen LogP contribution is 2.49. The second kappa shape index (κ2) is 1.25. The van der Waals surface area contributed by atoms with Crippen molar-refractivity contribution in [3.8, 4) is 0 Å². The van der Waals surface area contributed by atoms with Crippen LogP contribution in [0.4, 0.5) is 0 Å². The third-order valence-electron chi connectivity index (χ3n) is 2.21. The minimum atomic E-state index is 0.365. The van der Waals surface area contributed by atoms with Gasteiger partial charge in [-0.1, -0.05) is 0 Å². The van der Waals surface area contributed by atoms with Crippen molar-refractivity contribution in [2.45, 2.75) is 18.4 Å². The smallest absolute Gasteiger partial charge is 0.0922 e. The van der Waals surface area contributed by atoms with Crippen molar-refractivity contribution in [3.05, 3.63) is 0 Å². The Morgan fingerprint density at radius 1 is 1.62 bits per heavy atom. The van der Waals surface area contributed by atoms with Crippen LogP contribution >= 0.6 is 0 Å². The van der Waals surface area contributed by atoms with E-state index in [0.29, 0.717) is 5.60 Å². The van der Waals surface area contributed by atoms with E-state index in [2.05, 4.69) is 0 Å². The molecule has 0 bridgehead atoms. The van der Waals surface area contributed by atoms with E-state index in [1.807, 2.05) is 0 Å². The van der Waals surface area contributed by atoms with Gasteiger partial charge in [-0.25, -0.2) is 0 Å². The van der Waals surface area contributed by atoms with Gasteiger partial charge in [-0.2, -0.15) is 0 Å². The van der Waals surface area contributed by atoms with E-state index in [1.165, 1.54) is 12.8 Å². The number of nitrogens with two attached hydrogens (primary N) is 1. The topological polar surface area (TPSA) is 38.5 Å². The van der Waals surface area contributed by atoms with Gasteiger partial charge in [-0.15, -0.1) is 0 Å². The molecule has 2 N–H and O–H groups in total. The van der Waals surface area contributed by atoms with Crippen LogP contribution in [-0.4, -0.2) is 18.8 Å². The molecule has 46 valence electrons. The van der Waals surface area contributed by atoms with Gasteiger partial charge in [0, 0.05) is 0 Å². The molecule has 1 spiro atoms. The third kappa shape index (κ3) is 0.501. The summed E-state index contributed by atoms with van der Waals surface area (Å²) >= 11 is 0. The summed E-state index contributed by atoms with van der Waals surface area (Å²) in [6, 6.07) is 0. The van der Waals surface area contributed by atoms with Crippen LogP contribution in [0.3, 0.4) is 0 Å². The molecule has 1 aliphatic heterocycles. The predicted molar refractivity (Wildman–Crippen MR) is 30.5 cm³/mol. The van der Waals surface area contributed by atoms with Gasteiger partial charge < -0.3 is 10.5 Å². The minimum Gasteiger partial charge on any atom is -0.370 e. The Morgan fingerprint density at radius 3 is 2.62 bits per heavy atom. The molecule has 0 aromatic carbocycles. The lowest BCUT2D eigenvalue weighted by Crippen LogP contribution is -2.36. The Kier molecular flexibility index (Phi) is 0.746. The highest BCUT2D eigenvalue weighted by Gasteiger charge is 2.54. The molecule has 8 heavy (non-hydrogen) atoms. The van der Waals surface area contributed by atoms with Crippen LogP contribution in [0.25, 0.3) is 0 Å². The van der Waals surface area contributed by atoms with Gasteiger partial charge in [0.1, 0.15) is 0 Å². The molecule has 0 aromatic rings. The van der Waals surface area contributed by atoms with Crippen LogP contribution < -0.4 is 5.73 Å². The largest absolute Gasteiger partial charge is 0.370 e. The lowest BCUT2D eigenvalue weighted by Gasteiger charge is -2.31. The van der Waals surface area contributed by atoms with Crippen molar-refractivity contribution in [3.63, 3.8) is 0 Å². The second-order valence-corrected chi connectivity index (χ2v) is 2.98. The number of hydrogen-bond donors (Lipinski definition) is 1. The van der Waals surface area contributed by atoms with Gasteiger partial charge >= 0.3 is 0 Å². The zero-order valence-corrected chi connectivity index (χ0v) is 4.89. The molecule has 0 unspecified atom stereocenters. The SMILES string of the molecule is NCC1CC2(CO2)C1. The average molecular weight is 113 g/mol. The van der Waals surface area contributed by atoms with Crippen LogP contribution in [-0.2, 0) is 4.74 Å². The van der Waals surface area contributed by atoms with Gasteiger partial charge in [0.05, 0.1) is 12.2 Å². The highest BCUT2D eigenvalue weighted by atomic mass is 16.6. The number of ether oxygens (including phenoxy) is 1. The predicted octanol–water partition coefficient (Wildman–Crippen LogP) is 0.124. The Balaban J connectivity index is 1.84. The maximum Gasteiger partial charge on any atom is 0.0922 e. The van der Waals surface area contributed by atoms with Crippen LogP contribution in [0.5, 0.6) is 0 Å². The van der Waals surface area contributed by atoms with Gasteiger partial charge in [0.2, 0.25) is 0 Å². The van der Waals surface area contributed by atoms with E-state index in [-0.39, 0.29) is 0 Å². The fourth-order valence-corrected chi connectivity index (χ4v) is 1.50. The van der Waals surface area contributed by atoms with Crippen molar-refractivity contribution >= 4 is 0 Å². The summed E-state index contributed by atoms with van der Waals surface area (Å²) in [5, 5.41) is 0. The van der Waals surface area contributed by atoms with Crippen molar-refractivity contribution in [2.24, 2.45) is 11.7 Å². The molecule has 2 rings (SSSR count). The van der Waals surface area contributed by atoms with Gasteiger partial charge in [0.15, 0.2) is 0 Å². The first-order valence-corrected chi connectivity index (χ1v) is 3.19. The summed E-state index contributed by atoms with van der Waals surface area (Å²) in [4.78, 5) is 0. The van der Waals surface area contributed by atoms with E-state index in [9.17, 15) is 0 Å². The number of rotatable bonds is 1. The van der Waals surface area contributed by atoms with Crippen LogP contribution in [0, 0.1) is 5.92 Å². The van der Waals surface area contributed by atoms with E-state index in [1.54, 1.807) is 0 Å². The van der Waals surface area contributed by atoms with E-state index in [4.69, 9.17) is 10.5 Å². The van der Waals surface area contributed by atoms with Crippen molar-refractivity contribution in [1.82, 2.24) is 0 Å². The van der Waals surface area contributed by atoms with Crippen LogP contribution in [0.1, 0.15) is 12.8 Å². The van der Waals surface area contributed by atoms with Crippen molar-refractivity contribution in [1.29, 1.82) is 0 Å². The molecule has 2 aliphatic rings. The molecule has 1 saturated heterocycles. The summed E-state index contributed by atoms with van der Waals surface area (Å²) in [6.07, 6.45) is 2.45. The first kappa shape index (κ1) is 4.77. The molecular weight excluding hydrogens is 102 g/mol. The summed E-state index contributed by atoms with van der Waals surface area (Å²) in [5.74, 6) is 0.775. The third-order valence-corrected chi connectivity index (χ3v) is 2.21. The molecule has 0 amide bonds. The second-order valence-electron chi connectivity index (χ2n) is 2.98. The molecule has 2 heteroatoms. The van der Waals surface area contributed by atoms with Crippen LogP contribution in [0.15, 0.2) is 0 Å². The Hall–Kier alpha value is -0.0800. The van der Waals surface area contributed by atoms with E-state index >= 15 is 0 Å². The zero-order chi connectivity index (χ0) is 5.61. The monoisotopic (exact) mass is 113 g/mol. The van der Waals surface area contributed by atoms with E-state index < -0.39 is 0 Å². The first-order valence-electron chi connectivity index (χ1n) is 3.19. The maximum atomic E-state index is 5.43. The van der Waals surface area contributed by atoms with Crippen molar-refractivity contribution < 1.29 is 4.74 Å². The summed E-state index contributed by atoms with van der Waals surface area (Å²) < 4.78 is 5.21. The van der Waals surface area contributed by atoms with Crippen molar-refractivity contribution in [2.75, 3.05) is 13.2 Å². The fourth-order valence-electron chi connectivity index (χ4n) is 1.50. The Morgan fingerprint density at radius 2 is 2.25 bits per heavy atom. The average Bonchev–Trinajstić information content (AvgIpc) is 2.38. The molecule has 0 atom stereocenters. The normalized spacial score (nSPS) is 51.4. The van der Waals surface area contributed by atoms with Gasteiger partial charge in [0.25, 0.3) is 0 Å².